The minimum absolute atomic E-state index is 0.181. The number of aromatic nitrogens is 1. The maximum atomic E-state index is 12.7. The van der Waals surface area contributed by atoms with E-state index in [9.17, 15) is 4.79 Å². The van der Waals surface area contributed by atoms with Gasteiger partial charge in [0.25, 0.3) is 5.91 Å². The van der Waals surface area contributed by atoms with E-state index >= 15 is 0 Å². The number of nitrogens with zero attached hydrogens (tertiary/aromatic N) is 1. The van der Waals surface area contributed by atoms with Crippen LogP contribution in [0.15, 0.2) is 40.8 Å². The molecule has 0 atom stereocenters. The van der Waals surface area contributed by atoms with Crippen LogP contribution in [0.4, 0.5) is 5.13 Å². The number of ether oxygens (including phenoxy) is 3. The lowest BCUT2D eigenvalue weighted by Gasteiger charge is -2.03. The number of methoxy groups -OCH3 is 2. The summed E-state index contributed by atoms with van der Waals surface area (Å²) < 4.78 is 22.8. The molecule has 0 aliphatic heterocycles. The smallest absolute Gasteiger partial charge is 0.293 e. The zero-order valence-electron chi connectivity index (χ0n) is 15.6. The second-order valence-corrected chi connectivity index (χ2v) is 6.84. The standard InChI is InChI=1S/C20H18N2O5S/c1-4-26-13-7-5-6-11-10-15(27-17(11)13)19(23)22-20-21-16-12(24-2)8-9-14(25-3)18(16)28-20/h5-10H,4H2,1-3H3,(H,21,22,23). The third-order valence-electron chi connectivity index (χ3n) is 4.16. The first kappa shape index (κ1) is 18.1. The molecule has 0 aliphatic rings. The lowest BCUT2D eigenvalue weighted by atomic mass is 10.2. The summed E-state index contributed by atoms with van der Waals surface area (Å²) in [6.45, 7) is 2.40. The van der Waals surface area contributed by atoms with Crippen molar-refractivity contribution in [2.24, 2.45) is 0 Å². The SMILES string of the molecule is CCOc1cccc2cc(C(=O)Nc3nc4c(OC)ccc(OC)c4s3)oc12. The van der Waals surface area contributed by atoms with Gasteiger partial charge in [-0.05, 0) is 31.2 Å². The lowest BCUT2D eigenvalue weighted by molar-refractivity contribution is 0.0998. The number of hydrogen-bond donors (Lipinski definition) is 1. The predicted octanol–water partition coefficient (Wildman–Crippen LogP) is 4.71. The van der Waals surface area contributed by atoms with Crippen molar-refractivity contribution in [2.75, 3.05) is 26.1 Å². The van der Waals surface area contributed by atoms with Crippen molar-refractivity contribution in [3.63, 3.8) is 0 Å². The van der Waals surface area contributed by atoms with E-state index in [0.29, 0.717) is 40.1 Å². The molecular weight excluding hydrogens is 380 g/mol. The molecule has 0 saturated carbocycles. The lowest BCUT2D eigenvalue weighted by Crippen LogP contribution is -2.10. The number of para-hydroxylation sites is 1. The van der Waals surface area contributed by atoms with Crippen LogP contribution in [-0.4, -0.2) is 31.7 Å². The number of furan rings is 1. The molecular formula is C20H18N2O5S. The summed E-state index contributed by atoms with van der Waals surface area (Å²) in [5.74, 6) is 1.67. The van der Waals surface area contributed by atoms with Crippen LogP contribution < -0.4 is 19.5 Å². The Balaban J connectivity index is 1.67. The van der Waals surface area contributed by atoms with Gasteiger partial charge >= 0.3 is 0 Å². The number of benzene rings is 2. The van der Waals surface area contributed by atoms with Crippen molar-refractivity contribution in [3.8, 4) is 17.2 Å². The Morgan fingerprint density at radius 3 is 2.68 bits per heavy atom. The number of thiazole rings is 1. The second kappa shape index (κ2) is 7.40. The molecule has 1 amide bonds. The van der Waals surface area contributed by atoms with Gasteiger partial charge in [0.05, 0.1) is 20.8 Å². The molecule has 7 nitrogen and oxygen atoms in total. The van der Waals surface area contributed by atoms with Crippen molar-refractivity contribution in [3.05, 3.63) is 42.2 Å². The van der Waals surface area contributed by atoms with Crippen molar-refractivity contribution in [1.82, 2.24) is 4.98 Å². The monoisotopic (exact) mass is 398 g/mol. The molecule has 0 spiro atoms. The Morgan fingerprint density at radius 2 is 1.93 bits per heavy atom. The van der Waals surface area contributed by atoms with Crippen molar-refractivity contribution >= 4 is 43.6 Å². The highest BCUT2D eigenvalue weighted by Gasteiger charge is 2.19. The number of nitrogens with one attached hydrogen (secondary N) is 1. The van der Waals surface area contributed by atoms with Gasteiger partial charge in [-0.25, -0.2) is 4.98 Å². The molecule has 0 bridgehead atoms. The molecule has 144 valence electrons. The molecule has 28 heavy (non-hydrogen) atoms. The molecule has 4 rings (SSSR count). The summed E-state index contributed by atoms with van der Waals surface area (Å²) in [7, 11) is 3.16. The first-order valence-electron chi connectivity index (χ1n) is 8.62. The Kier molecular flexibility index (Phi) is 4.79. The quantitative estimate of drug-likeness (QED) is 0.506. The van der Waals surface area contributed by atoms with Gasteiger partial charge in [-0.2, -0.15) is 0 Å². The molecule has 0 radical (unpaired) electrons. The average molecular weight is 398 g/mol. The first-order valence-corrected chi connectivity index (χ1v) is 9.44. The van der Waals surface area contributed by atoms with Gasteiger partial charge in [0.2, 0.25) is 0 Å². The molecule has 0 unspecified atom stereocenters. The highest BCUT2D eigenvalue weighted by atomic mass is 32.1. The topological polar surface area (TPSA) is 82.8 Å². The minimum atomic E-state index is -0.393. The third-order valence-corrected chi connectivity index (χ3v) is 5.15. The van der Waals surface area contributed by atoms with Crippen LogP contribution in [0, 0.1) is 0 Å². The number of fused-ring (bicyclic) bond motifs is 2. The molecule has 2 aromatic carbocycles. The second-order valence-electron chi connectivity index (χ2n) is 5.84. The van der Waals surface area contributed by atoms with E-state index in [1.54, 1.807) is 32.4 Å². The summed E-state index contributed by atoms with van der Waals surface area (Å²) in [6, 6.07) is 10.8. The fourth-order valence-electron chi connectivity index (χ4n) is 2.92. The Hall–Kier alpha value is -3.26. The molecule has 8 heteroatoms. The van der Waals surface area contributed by atoms with Gasteiger partial charge in [-0.15, -0.1) is 0 Å². The Labute approximate surface area is 164 Å². The van der Waals surface area contributed by atoms with E-state index in [2.05, 4.69) is 10.3 Å². The van der Waals surface area contributed by atoms with E-state index < -0.39 is 5.91 Å². The fraction of sp³-hybridized carbons (Fsp3) is 0.200. The summed E-state index contributed by atoms with van der Waals surface area (Å²) in [5.41, 5.74) is 1.17. The summed E-state index contributed by atoms with van der Waals surface area (Å²) in [4.78, 5) is 17.2. The highest BCUT2D eigenvalue weighted by Crippen LogP contribution is 2.39. The highest BCUT2D eigenvalue weighted by molar-refractivity contribution is 7.22. The number of carbonyl (C=O) groups is 1. The van der Waals surface area contributed by atoms with Crippen molar-refractivity contribution in [2.45, 2.75) is 6.92 Å². The third kappa shape index (κ3) is 3.11. The van der Waals surface area contributed by atoms with E-state index in [1.807, 2.05) is 25.1 Å². The number of amides is 1. The number of rotatable bonds is 6. The van der Waals surface area contributed by atoms with Gasteiger partial charge in [0.1, 0.15) is 21.7 Å². The summed E-state index contributed by atoms with van der Waals surface area (Å²) >= 11 is 1.30. The number of carbonyl (C=O) groups excluding carboxylic acids is 1. The summed E-state index contributed by atoms with van der Waals surface area (Å²) in [6.07, 6.45) is 0. The molecule has 2 aromatic heterocycles. The zero-order chi connectivity index (χ0) is 19.7. The normalized spacial score (nSPS) is 11.0. The van der Waals surface area contributed by atoms with Gasteiger partial charge in [-0.3, -0.25) is 10.1 Å². The zero-order valence-corrected chi connectivity index (χ0v) is 16.4. The van der Waals surface area contributed by atoms with Crippen LogP contribution in [0.2, 0.25) is 0 Å². The van der Waals surface area contributed by atoms with Gasteiger partial charge in [-0.1, -0.05) is 23.5 Å². The largest absolute Gasteiger partial charge is 0.495 e. The Morgan fingerprint density at radius 1 is 1.14 bits per heavy atom. The van der Waals surface area contributed by atoms with Gasteiger partial charge < -0.3 is 18.6 Å². The van der Waals surface area contributed by atoms with E-state index in [-0.39, 0.29) is 5.76 Å². The van der Waals surface area contributed by atoms with Gasteiger partial charge in [0, 0.05) is 5.39 Å². The molecule has 0 saturated heterocycles. The molecule has 0 aliphatic carbocycles. The molecule has 0 fully saturated rings. The van der Waals surface area contributed by atoms with E-state index in [4.69, 9.17) is 18.6 Å². The van der Waals surface area contributed by atoms with E-state index in [0.717, 1.165) is 10.1 Å². The fourth-order valence-corrected chi connectivity index (χ4v) is 3.88. The van der Waals surface area contributed by atoms with Gasteiger partial charge in [0.15, 0.2) is 22.2 Å². The maximum Gasteiger partial charge on any atom is 0.293 e. The average Bonchev–Trinajstić information content (AvgIpc) is 3.32. The molecule has 2 heterocycles. The predicted molar refractivity (Wildman–Crippen MR) is 108 cm³/mol. The van der Waals surface area contributed by atoms with Crippen LogP contribution in [0.25, 0.3) is 21.2 Å². The van der Waals surface area contributed by atoms with Crippen LogP contribution in [0.5, 0.6) is 17.2 Å². The van der Waals surface area contributed by atoms with E-state index in [1.165, 1.54) is 11.3 Å². The Bertz CT molecular complexity index is 1120. The minimum Gasteiger partial charge on any atom is -0.495 e. The maximum absolute atomic E-state index is 12.7. The first-order chi connectivity index (χ1) is 13.6. The summed E-state index contributed by atoms with van der Waals surface area (Å²) in [5, 5.41) is 4.00. The molecule has 4 aromatic rings. The van der Waals surface area contributed by atoms with Crippen LogP contribution in [0.1, 0.15) is 17.5 Å². The van der Waals surface area contributed by atoms with Crippen LogP contribution in [-0.2, 0) is 0 Å². The number of hydrogen-bond acceptors (Lipinski definition) is 7. The van der Waals surface area contributed by atoms with Crippen LogP contribution in [0.3, 0.4) is 0 Å². The van der Waals surface area contributed by atoms with Crippen molar-refractivity contribution in [1.29, 1.82) is 0 Å². The number of anilines is 1. The molecule has 1 N–H and O–H groups in total. The van der Waals surface area contributed by atoms with Crippen LogP contribution >= 0.6 is 11.3 Å². The van der Waals surface area contributed by atoms with Crippen molar-refractivity contribution < 1.29 is 23.4 Å².